The van der Waals surface area contributed by atoms with E-state index in [1.54, 1.807) is 12.1 Å². The summed E-state index contributed by atoms with van der Waals surface area (Å²) >= 11 is 1.92. The van der Waals surface area contributed by atoms with Crippen LogP contribution in [0.4, 0.5) is 4.39 Å². The van der Waals surface area contributed by atoms with E-state index in [2.05, 4.69) is 10.6 Å². The normalized spacial score (nSPS) is 29.3. The summed E-state index contributed by atoms with van der Waals surface area (Å²) < 4.78 is 14.0. The second kappa shape index (κ2) is 5.36. The Hall–Kier alpha value is -0.690. The molecule has 2 aliphatic rings. The van der Waals surface area contributed by atoms with Crippen molar-refractivity contribution in [1.29, 1.82) is 0 Å². The Kier molecular flexibility index (Phi) is 3.75. The van der Waals surface area contributed by atoms with E-state index in [-0.39, 0.29) is 17.8 Å². The Morgan fingerprint density at radius 1 is 1.32 bits per heavy atom. The average Bonchev–Trinajstić information content (AvgIpc) is 2.72. The molecule has 2 saturated heterocycles. The fourth-order valence-corrected chi connectivity index (χ4v) is 3.42. The number of fused-ring (bicyclic) bond motifs is 2. The summed E-state index contributed by atoms with van der Waals surface area (Å²) in [5.74, 6) is -0.500. The molecule has 19 heavy (non-hydrogen) atoms. The summed E-state index contributed by atoms with van der Waals surface area (Å²) in [6, 6.07) is 5.92. The first-order valence-electron chi connectivity index (χ1n) is 6.64. The molecule has 0 saturated carbocycles. The molecule has 3 rings (SSSR count). The van der Waals surface area contributed by atoms with Crippen LogP contribution < -0.4 is 10.6 Å². The Balaban J connectivity index is 1.66. The monoisotopic (exact) mass is 374 g/mol. The lowest BCUT2D eigenvalue weighted by Crippen LogP contribution is -2.48. The van der Waals surface area contributed by atoms with Gasteiger partial charge in [-0.25, -0.2) is 4.39 Å². The molecule has 0 radical (unpaired) electrons. The Bertz CT molecular complexity index is 496. The van der Waals surface area contributed by atoms with Crippen molar-refractivity contribution in [2.75, 3.05) is 0 Å². The molecule has 1 aromatic rings. The molecular formula is C14H16FIN2O. The summed E-state index contributed by atoms with van der Waals surface area (Å²) in [5.41, 5.74) is 0.406. The Morgan fingerprint density at radius 3 is 2.63 bits per heavy atom. The van der Waals surface area contributed by atoms with Crippen molar-refractivity contribution in [2.24, 2.45) is 0 Å². The minimum atomic E-state index is -0.335. The first-order chi connectivity index (χ1) is 9.11. The van der Waals surface area contributed by atoms with Crippen molar-refractivity contribution >= 4 is 28.5 Å². The number of hydrogen-bond donors (Lipinski definition) is 2. The lowest BCUT2D eigenvalue weighted by molar-refractivity contribution is 0.0923. The van der Waals surface area contributed by atoms with Crippen molar-refractivity contribution in [3.05, 3.63) is 33.1 Å². The van der Waals surface area contributed by atoms with Crippen LogP contribution in [0, 0.1) is 9.39 Å². The van der Waals surface area contributed by atoms with Crippen molar-refractivity contribution < 1.29 is 9.18 Å². The number of carbonyl (C=O) groups excluding carboxylic acids is 1. The molecule has 2 N–H and O–H groups in total. The van der Waals surface area contributed by atoms with Crippen LogP contribution in [0.25, 0.3) is 0 Å². The standard InChI is InChI=1S/C14H16FIN2O/c15-12-5-8(1-4-13(12)16)14(19)18-11-6-9-2-3-10(7-11)17-9/h1,4-5,9-11,17H,2-3,6-7H2,(H,18,19). The summed E-state index contributed by atoms with van der Waals surface area (Å²) in [4.78, 5) is 12.1. The molecule has 1 amide bonds. The lowest BCUT2D eigenvalue weighted by atomic mass is 9.99. The first kappa shape index (κ1) is 13.3. The molecule has 0 aromatic heterocycles. The Labute approximate surface area is 125 Å². The van der Waals surface area contributed by atoms with Gasteiger partial charge in [0.1, 0.15) is 5.82 Å². The number of benzene rings is 1. The minimum Gasteiger partial charge on any atom is -0.349 e. The van der Waals surface area contributed by atoms with E-state index < -0.39 is 0 Å². The SMILES string of the molecule is O=C(NC1CC2CCC(C1)N2)c1ccc(I)c(F)c1. The smallest absolute Gasteiger partial charge is 0.251 e. The molecule has 2 bridgehead atoms. The number of carbonyl (C=O) groups is 1. The highest BCUT2D eigenvalue weighted by molar-refractivity contribution is 14.1. The van der Waals surface area contributed by atoms with Gasteiger partial charge in [-0.1, -0.05) is 0 Å². The third-order valence-corrected chi connectivity index (χ3v) is 4.86. The molecule has 102 valence electrons. The fourth-order valence-electron chi connectivity index (χ4n) is 3.08. The van der Waals surface area contributed by atoms with Crippen LogP contribution in [0.2, 0.25) is 0 Å². The molecular weight excluding hydrogens is 358 g/mol. The van der Waals surface area contributed by atoms with Gasteiger partial charge in [0.05, 0.1) is 0 Å². The maximum Gasteiger partial charge on any atom is 0.251 e. The quantitative estimate of drug-likeness (QED) is 0.781. The first-order valence-corrected chi connectivity index (χ1v) is 7.71. The van der Waals surface area contributed by atoms with Gasteiger partial charge in [0.15, 0.2) is 0 Å². The van der Waals surface area contributed by atoms with Crippen molar-refractivity contribution in [1.82, 2.24) is 10.6 Å². The minimum absolute atomic E-state index is 0.165. The summed E-state index contributed by atoms with van der Waals surface area (Å²) in [6.07, 6.45) is 4.37. The maximum absolute atomic E-state index is 13.5. The number of hydrogen-bond acceptors (Lipinski definition) is 2. The van der Waals surface area contributed by atoms with Gasteiger partial charge in [0, 0.05) is 27.3 Å². The molecule has 2 heterocycles. The van der Waals surface area contributed by atoms with E-state index >= 15 is 0 Å². The van der Waals surface area contributed by atoms with E-state index in [0.29, 0.717) is 21.2 Å². The predicted octanol–water partition coefficient (Wildman–Crippen LogP) is 2.44. The zero-order chi connectivity index (χ0) is 13.4. The van der Waals surface area contributed by atoms with Crippen LogP contribution in [0.1, 0.15) is 36.0 Å². The van der Waals surface area contributed by atoms with E-state index in [9.17, 15) is 9.18 Å². The largest absolute Gasteiger partial charge is 0.349 e. The molecule has 2 aliphatic heterocycles. The predicted molar refractivity (Wildman–Crippen MR) is 79.6 cm³/mol. The van der Waals surface area contributed by atoms with Crippen LogP contribution in [-0.4, -0.2) is 24.0 Å². The average molecular weight is 374 g/mol. The molecule has 5 heteroatoms. The van der Waals surface area contributed by atoms with Crippen LogP contribution in [-0.2, 0) is 0 Å². The molecule has 2 fully saturated rings. The highest BCUT2D eigenvalue weighted by atomic mass is 127. The number of piperidine rings is 1. The second-order valence-electron chi connectivity index (χ2n) is 5.41. The van der Waals surface area contributed by atoms with E-state index in [0.717, 1.165) is 12.8 Å². The lowest BCUT2D eigenvalue weighted by Gasteiger charge is -2.29. The van der Waals surface area contributed by atoms with Crippen molar-refractivity contribution in [2.45, 2.75) is 43.8 Å². The van der Waals surface area contributed by atoms with E-state index in [1.807, 2.05) is 22.6 Å². The number of rotatable bonds is 2. The van der Waals surface area contributed by atoms with Gasteiger partial charge in [0.2, 0.25) is 0 Å². The van der Waals surface area contributed by atoms with E-state index in [4.69, 9.17) is 0 Å². The van der Waals surface area contributed by atoms with Gasteiger partial charge in [0.25, 0.3) is 5.91 Å². The van der Waals surface area contributed by atoms with Gasteiger partial charge in [-0.2, -0.15) is 0 Å². The number of halogens is 2. The van der Waals surface area contributed by atoms with Gasteiger partial charge in [-0.05, 0) is 66.5 Å². The molecule has 3 nitrogen and oxygen atoms in total. The van der Waals surface area contributed by atoms with Crippen molar-refractivity contribution in [3.63, 3.8) is 0 Å². The van der Waals surface area contributed by atoms with Crippen LogP contribution in [0.5, 0.6) is 0 Å². The third kappa shape index (κ3) is 2.91. The summed E-state index contributed by atoms with van der Waals surface area (Å²) in [6.45, 7) is 0. The van der Waals surface area contributed by atoms with Crippen LogP contribution >= 0.6 is 22.6 Å². The Morgan fingerprint density at radius 2 is 2.00 bits per heavy atom. The third-order valence-electron chi connectivity index (χ3n) is 3.99. The molecule has 2 atom stereocenters. The van der Waals surface area contributed by atoms with Crippen molar-refractivity contribution in [3.8, 4) is 0 Å². The maximum atomic E-state index is 13.5. The summed E-state index contributed by atoms with van der Waals surface area (Å²) in [5, 5.41) is 6.57. The highest BCUT2D eigenvalue weighted by Crippen LogP contribution is 2.27. The molecule has 0 aliphatic carbocycles. The second-order valence-corrected chi connectivity index (χ2v) is 6.57. The van der Waals surface area contributed by atoms with Gasteiger partial charge in [-0.15, -0.1) is 0 Å². The summed E-state index contributed by atoms with van der Waals surface area (Å²) in [7, 11) is 0. The zero-order valence-electron chi connectivity index (χ0n) is 10.5. The number of nitrogens with one attached hydrogen (secondary N) is 2. The fraction of sp³-hybridized carbons (Fsp3) is 0.500. The van der Waals surface area contributed by atoms with Gasteiger partial charge in [-0.3, -0.25) is 4.79 Å². The topological polar surface area (TPSA) is 41.1 Å². The van der Waals surface area contributed by atoms with E-state index in [1.165, 1.54) is 18.9 Å². The molecule has 0 spiro atoms. The highest BCUT2D eigenvalue weighted by Gasteiger charge is 2.34. The number of amides is 1. The van der Waals surface area contributed by atoms with Crippen LogP contribution in [0.15, 0.2) is 18.2 Å². The molecule has 1 aromatic carbocycles. The molecule has 2 unspecified atom stereocenters. The van der Waals surface area contributed by atoms with Crippen LogP contribution in [0.3, 0.4) is 0 Å². The van der Waals surface area contributed by atoms with Gasteiger partial charge < -0.3 is 10.6 Å². The zero-order valence-corrected chi connectivity index (χ0v) is 12.6. The van der Waals surface area contributed by atoms with Gasteiger partial charge >= 0.3 is 0 Å².